The zero-order valence-electron chi connectivity index (χ0n) is 18.6. The Morgan fingerprint density at radius 3 is 1.97 bits per heavy atom. The average molecular weight is 454 g/mol. The molecular formula is C25H27NO5S. The number of hydrogen-bond acceptors (Lipinski definition) is 5. The van der Waals surface area contributed by atoms with Gasteiger partial charge in [-0.05, 0) is 66.9 Å². The first-order valence-electron chi connectivity index (χ1n) is 10.2. The second-order valence-corrected chi connectivity index (χ2v) is 9.47. The van der Waals surface area contributed by atoms with Gasteiger partial charge in [-0.1, -0.05) is 43.7 Å². The molecule has 3 aromatic carbocycles. The van der Waals surface area contributed by atoms with E-state index >= 15 is 0 Å². The van der Waals surface area contributed by atoms with Crippen LogP contribution in [0.25, 0.3) is 0 Å². The Hall–Kier alpha value is -3.32. The van der Waals surface area contributed by atoms with E-state index in [2.05, 4.69) is 13.8 Å². The number of aryl methyl sites for hydroxylation is 1. The third kappa shape index (κ3) is 5.29. The van der Waals surface area contributed by atoms with Crippen LogP contribution < -0.4 is 13.8 Å². The molecule has 0 aliphatic carbocycles. The molecular weight excluding hydrogens is 426 g/mol. The highest BCUT2D eigenvalue weighted by atomic mass is 32.2. The van der Waals surface area contributed by atoms with E-state index in [-0.39, 0.29) is 10.6 Å². The van der Waals surface area contributed by atoms with Crippen molar-refractivity contribution in [3.63, 3.8) is 0 Å². The van der Waals surface area contributed by atoms with E-state index in [1.165, 1.54) is 31.4 Å². The van der Waals surface area contributed by atoms with Crippen molar-refractivity contribution in [2.75, 3.05) is 18.0 Å². The van der Waals surface area contributed by atoms with Crippen LogP contribution in [-0.2, 0) is 14.8 Å². The third-order valence-corrected chi connectivity index (χ3v) is 6.76. The van der Waals surface area contributed by atoms with E-state index in [1.54, 1.807) is 36.4 Å². The highest BCUT2D eigenvalue weighted by Crippen LogP contribution is 2.27. The Labute approximate surface area is 189 Å². The first kappa shape index (κ1) is 23.3. The molecule has 0 N–H and O–H groups in total. The Morgan fingerprint density at radius 1 is 0.875 bits per heavy atom. The number of carbonyl (C=O) groups is 1. The van der Waals surface area contributed by atoms with Crippen molar-refractivity contribution in [3.8, 4) is 11.5 Å². The summed E-state index contributed by atoms with van der Waals surface area (Å²) < 4.78 is 38.3. The molecule has 3 rings (SSSR count). The Balaban J connectivity index is 1.90. The quantitative estimate of drug-likeness (QED) is 0.484. The van der Waals surface area contributed by atoms with Gasteiger partial charge in [0, 0.05) is 0 Å². The summed E-state index contributed by atoms with van der Waals surface area (Å²) in [4.78, 5) is 13.1. The van der Waals surface area contributed by atoms with Crippen molar-refractivity contribution in [2.24, 2.45) is 0 Å². The molecule has 1 amide bonds. The number of sulfonamides is 1. The molecule has 7 heteroatoms. The molecule has 0 saturated carbocycles. The monoisotopic (exact) mass is 453 g/mol. The second-order valence-electron chi connectivity index (χ2n) is 7.69. The summed E-state index contributed by atoms with van der Waals surface area (Å²) in [5.74, 6) is 0.708. The minimum Gasteiger partial charge on any atom is -0.497 e. The molecule has 0 aliphatic rings. The highest BCUT2D eigenvalue weighted by molar-refractivity contribution is 7.93. The largest absolute Gasteiger partial charge is 0.497 e. The highest BCUT2D eigenvalue weighted by Gasteiger charge is 2.31. The maximum Gasteiger partial charge on any atom is 0.278 e. The third-order valence-electron chi connectivity index (χ3n) is 5.00. The fraction of sp³-hybridized carbons (Fsp3) is 0.240. The van der Waals surface area contributed by atoms with Crippen LogP contribution in [-0.4, -0.2) is 28.0 Å². The van der Waals surface area contributed by atoms with E-state index in [1.807, 2.05) is 19.1 Å². The summed E-state index contributed by atoms with van der Waals surface area (Å²) in [5.41, 5.74) is 2.26. The maximum atomic E-state index is 13.4. The van der Waals surface area contributed by atoms with Crippen LogP contribution in [0.3, 0.4) is 0 Å². The van der Waals surface area contributed by atoms with Gasteiger partial charge in [-0.25, -0.2) is 8.42 Å². The van der Waals surface area contributed by atoms with Crippen molar-refractivity contribution in [1.29, 1.82) is 0 Å². The lowest BCUT2D eigenvalue weighted by atomic mass is 10.0. The molecule has 0 unspecified atom stereocenters. The Morgan fingerprint density at radius 2 is 1.44 bits per heavy atom. The number of carbonyl (C=O) groups excluding carboxylic acids is 1. The molecule has 0 radical (unpaired) electrons. The zero-order valence-corrected chi connectivity index (χ0v) is 19.4. The molecule has 0 saturated heterocycles. The van der Waals surface area contributed by atoms with E-state index in [0.29, 0.717) is 17.4 Å². The van der Waals surface area contributed by atoms with Gasteiger partial charge in [-0.3, -0.25) is 4.79 Å². The topological polar surface area (TPSA) is 72.9 Å². The predicted molar refractivity (Wildman–Crippen MR) is 125 cm³/mol. The van der Waals surface area contributed by atoms with Gasteiger partial charge in [0.05, 0.1) is 17.7 Å². The van der Waals surface area contributed by atoms with Crippen LogP contribution in [0, 0.1) is 6.92 Å². The van der Waals surface area contributed by atoms with E-state index in [4.69, 9.17) is 9.47 Å². The van der Waals surface area contributed by atoms with Crippen LogP contribution >= 0.6 is 0 Å². The van der Waals surface area contributed by atoms with Crippen LogP contribution in [0.5, 0.6) is 11.5 Å². The smallest absolute Gasteiger partial charge is 0.278 e. The van der Waals surface area contributed by atoms with E-state index in [9.17, 15) is 13.2 Å². The number of methoxy groups -OCH3 is 1. The van der Waals surface area contributed by atoms with Crippen molar-refractivity contribution in [3.05, 3.63) is 83.9 Å². The van der Waals surface area contributed by atoms with Gasteiger partial charge >= 0.3 is 0 Å². The summed E-state index contributed by atoms with van der Waals surface area (Å²) in [6.07, 6.45) is 0. The maximum absolute atomic E-state index is 13.4. The van der Waals surface area contributed by atoms with Gasteiger partial charge in [-0.2, -0.15) is 4.31 Å². The number of hydrogen-bond donors (Lipinski definition) is 0. The molecule has 6 nitrogen and oxygen atoms in total. The van der Waals surface area contributed by atoms with Crippen molar-refractivity contribution in [1.82, 2.24) is 0 Å². The zero-order chi connectivity index (χ0) is 23.3. The Kier molecular flexibility index (Phi) is 7.20. The number of benzene rings is 3. The number of anilines is 1. The van der Waals surface area contributed by atoms with Crippen molar-refractivity contribution in [2.45, 2.75) is 31.6 Å². The van der Waals surface area contributed by atoms with Gasteiger partial charge in [0.2, 0.25) is 0 Å². The number of ether oxygens (including phenoxy) is 2. The SMILES string of the molecule is COc1ccc(N(C(=O)COc2ccc(C(C)C)cc2)S(=O)(=O)c2ccc(C)cc2)cc1. The summed E-state index contributed by atoms with van der Waals surface area (Å²) in [6, 6.07) is 20.0. The van der Waals surface area contributed by atoms with Gasteiger partial charge in [-0.15, -0.1) is 0 Å². The normalized spacial score (nSPS) is 11.3. The minimum atomic E-state index is -4.15. The first-order chi connectivity index (χ1) is 15.2. The molecule has 168 valence electrons. The predicted octanol–water partition coefficient (Wildman–Crippen LogP) is 4.93. The van der Waals surface area contributed by atoms with Crippen LogP contribution in [0.2, 0.25) is 0 Å². The first-order valence-corrected chi connectivity index (χ1v) is 11.7. The molecule has 0 spiro atoms. The van der Waals surface area contributed by atoms with Gasteiger partial charge in [0.15, 0.2) is 6.61 Å². The number of rotatable bonds is 8. The lowest BCUT2D eigenvalue weighted by Crippen LogP contribution is -2.40. The van der Waals surface area contributed by atoms with Gasteiger partial charge < -0.3 is 9.47 Å². The van der Waals surface area contributed by atoms with Crippen LogP contribution in [0.15, 0.2) is 77.7 Å². The number of amides is 1. The molecule has 0 bridgehead atoms. The van der Waals surface area contributed by atoms with Crippen LogP contribution in [0.4, 0.5) is 5.69 Å². The second kappa shape index (κ2) is 9.87. The fourth-order valence-electron chi connectivity index (χ4n) is 3.10. The molecule has 32 heavy (non-hydrogen) atoms. The van der Waals surface area contributed by atoms with E-state index < -0.39 is 22.5 Å². The summed E-state index contributed by atoms with van der Waals surface area (Å²) >= 11 is 0. The molecule has 3 aromatic rings. The van der Waals surface area contributed by atoms with Crippen molar-refractivity contribution >= 4 is 21.6 Å². The molecule has 0 aromatic heterocycles. The number of nitrogens with zero attached hydrogens (tertiary/aromatic N) is 1. The summed E-state index contributed by atoms with van der Waals surface area (Å²) in [5, 5.41) is 0. The lowest BCUT2D eigenvalue weighted by molar-refractivity contribution is -0.119. The molecule has 0 heterocycles. The lowest BCUT2D eigenvalue weighted by Gasteiger charge is -2.23. The standard InChI is InChI=1S/C25H27NO5S/c1-18(2)20-7-11-23(12-8-20)31-17-25(27)26(21-9-13-22(30-4)14-10-21)32(28,29)24-15-5-19(3)6-16-24/h5-16,18H,17H2,1-4H3. The van der Waals surface area contributed by atoms with Crippen LogP contribution in [0.1, 0.15) is 30.9 Å². The fourth-order valence-corrected chi connectivity index (χ4v) is 4.51. The molecule has 0 atom stereocenters. The summed E-state index contributed by atoms with van der Waals surface area (Å²) in [7, 11) is -2.64. The minimum absolute atomic E-state index is 0.0218. The molecule has 0 aliphatic heterocycles. The summed E-state index contributed by atoms with van der Waals surface area (Å²) in [6.45, 7) is 5.60. The Bertz CT molecular complexity index is 1150. The van der Waals surface area contributed by atoms with Crippen molar-refractivity contribution < 1.29 is 22.7 Å². The average Bonchev–Trinajstić information content (AvgIpc) is 2.78. The van der Waals surface area contributed by atoms with Gasteiger partial charge in [0.25, 0.3) is 15.9 Å². The van der Waals surface area contributed by atoms with Gasteiger partial charge in [0.1, 0.15) is 11.5 Å². The van der Waals surface area contributed by atoms with E-state index in [0.717, 1.165) is 15.4 Å². The molecule has 0 fully saturated rings.